The van der Waals surface area contributed by atoms with Crippen LogP contribution < -0.4 is 4.74 Å². The van der Waals surface area contributed by atoms with Gasteiger partial charge in [0, 0.05) is 10.5 Å². The molecule has 0 aliphatic heterocycles. The molecule has 7 nitrogen and oxygen atoms in total. The molecule has 0 unspecified atom stereocenters. The molecule has 0 saturated carbocycles. The third-order valence-electron chi connectivity index (χ3n) is 2.03. The summed E-state index contributed by atoms with van der Waals surface area (Å²) in [5.41, 5.74) is 8.61. The highest BCUT2D eigenvalue weighted by Gasteiger charge is 2.16. The van der Waals surface area contributed by atoms with Crippen molar-refractivity contribution >= 4 is 17.9 Å². The van der Waals surface area contributed by atoms with Gasteiger partial charge in [0.05, 0.1) is 19.9 Å². The molecule has 1 rings (SSSR count). The number of esters is 1. The van der Waals surface area contributed by atoms with E-state index in [1.807, 2.05) is 0 Å². The number of hydrogen-bond acceptors (Lipinski definition) is 5. The van der Waals surface area contributed by atoms with Crippen LogP contribution in [0.5, 0.6) is 5.75 Å². The molecule has 1 aromatic carbocycles. The van der Waals surface area contributed by atoms with E-state index in [1.54, 1.807) is 0 Å². The molecule has 0 bridgehead atoms. The number of benzene rings is 1. The minimum Gasteiger partial charge on any atom is -0.496 e. The molecule has 0 amide bonds. The van der Waals surface area contributed by atoms with Crippen molar-refractivity contribution in [3.05, 3.63) is 33.7 Å². The topological polar surface area (TPSA) is 101 Å². The van der Waals surface area contributed by atoms with Crippen molar-refractivity contribution in [2.24, 2.45) is 5.11 Å². The maximum absolute atomic E-state index is 11.4. The van der Waals surface area contributed by atoms with E-state index in [1.165, 1.54) is 26.4 Å². The quantitative estimate of drug-likeness (QED) is 0.262. The Morgan fingerprint density at radius 2 is 2.18 bits per heavy atom. The van der Waals surface area contributed by atoms with Crippen LogP contribution in [0.2, 0.25) is 0 Å². The Kier molecular flexibility index (Phi) is 4.08. The second-order valence-electron chi connectivity index (χ2n) is 2.91. The first-order valence-electron chi connectivity index (χ1n) is 4.48. The van der Waals surface area contributed by atoms with E-state index >= 15 is 0 Å². The van der Waals surface area contributed by atoms with E-state index in [2.05, 4.69) is 14.8 Å². The summed E-state index contributed by atoms with van der Waals surface area (Å²) in [6, 6.07) is 2.55. The maximum Gasteiger partial charge on any atom is 0.341 e. The van der Waals surface area contributed by atoms with Crippen LogP contribution in [-0.2, 0) is 4.74 Å². The molecule has 1 aromatic rings. The molecule has 0 saturated heterocycles. The fraction of sp³-hybridized carbons (Fsp3) is 0.200. The summed E-state index contributed by atoms with van der Waals surface area (Å²) in [5.74, 6) is -0.470. The van der Waals surface area contributed by atoms with Crippen LogP contribution in [0.4, 0.5) is 5.69 Å². The summed E-state index contributed by atoms with van der Waals surface area (Å²) in [6.45, 7) is 0. The van der Waals surface area contributed by atoms with Gasteiger partial charge in [-0.05, 0) is 17.7 Å². The van der Waals surface area contributed by atoms with Gasteiger partial charge >= 0.3 is 5.97 Å². The van der Waals surface area contributed by atoms with Crippen molar-refractivity contribution in [3.8, 4) is 5.75 Å². The van der Waals surface area contributed by atoms with Crippen LogP contribution in [0.1, 0.15) is 20.7 Å². The molecule has 0 atom stereocenters. The molecule has 0 aromatic heterocycles. The molecule has 0 N–H and O–H groups in total. The van der Waals surface area contributed by atoms with Crippen LogP contribution in [0, 0.1) is 0 Å². The average molecular weight is 235 g/mol. The Balaban J connectivity index is 3.47. The minimum absolute atomic E-state index is 0.0870. The summed E-state index contributed by atoms with van der Waals surface area (Å²) >= 11 is 0. The van der Waals surface area contributed by atoms with Gasteiger partial charge in [-0.25, -0.2) is 4.79 Å². The number of carbonyl (C=O) groups is 2. The zero-order chi connectivity index (χ0) is 12.8. The number of hydrogen-bond donors (Lipinski definition) is 0. The van der Waals surface area contributed by atoms with Crippen molar-refractivity contribution in [2.75, 3.05) is 14.2 Å². The van der Waals surface area contributed by atoms with Crippen LogP contribution in [0.3, 0.4) is 0 Å². The van der Waals surface area contributed by atoms with Crippen LogP contribution in [0.25, 0.3) is 10.4 Å². The standard InChI is InChI=1S/C10H9N3O4/c1-16-9-4-8(12-13-11)6(5-14)3-7(9)10(15)17-2/h3-5H,1-2H3. The normalized spacial score (nSPS) is 9.06. The Labute approximate surface area is 96.6 Å². The predicted molar refractivity (Wildman–Crippen MR) is 58.5 cm³/mol. The molecule has 0 aliphatic carbocycles. The lowest BCUT2D eigenvalue weighted by atomic mass is 10.1. The first kappa shape index (κ1) is 12.5. The lowest BCUT2D eigenvalue weighted by Crippen LogP contribution is -2.05. The zero-order valence-electron chi connectivity index (χ0n) is 9.21. The summed E-state index contributed by atoms with van der Waals surface area (Å²) < 4.78 is 9.49. The highest BCUT2D eigenvalue weighted by molar-refractivity contribution is 5.96. The largest absolute Gasteiger partial charge is 0.496 e. The molecular weight excluding hydrogens is 226 g/mol. The van der Waals surface area contributed by atoms with Gasteiger partial charge in [0.2, 0.25) is 0 Å². The highest BCUT2D eigenvalue weighted by atomic mass is 16.5. The van der Waals surface area contributed by atoms with Gasteiger partial charge in [-0.1, -0.05) is 5.11 Å². The third-order valence-corrected chi connectivity index (χ3v) is 2.03. The van der Waals surface area contributed by atoms with E-state index in [0.717, 1.165) is 0 Å². The van der Waals surface area contributed by atoms with Crippen LogP contribution in [-0.4, -0.2) is 26.5 Å². The van der Waals surface area contributed by atoms with E-state index in [0.29, 0.717) is 6.29 Å². The number of aldehydes is 1. The minimum atomic E-state index is -0.641. The molecule has 17 heavy (non-hydrogen) atoms. The molecule has 0 aliphatic rings. The molecule has 0 spiro atoms. The summed E-state index contributed by atoms with van der Waals surface area (Å²) in [6.07, 6.45) is 0.482. The smallest absolute Gasteiger partial charge is 0.341 e. The highest BCUT2D eigenvalue weighted by Crippen LogP contribution is 2.29. The Bertz CT molecular complexity index is 507. The fourth-order valence-electron chi connectivity index (χ4n) is 1.25. The number of rotatable bonds is 4. The molecule has 0 radical (unpaired) electrons. The van der Waals surface area contributed by atoms with Crippen molar-refractivity contribution in [1.82, 2.24) is 0 Å². The molecule has 0 fully saturated rings. The summed E-state index contributed by atoms with van der Waals surface area (Å²) in [5, 5.41) is 3.33. The van der Waals surface area contributed by atoms with E-state index in [4.69, 9.17) is 10.3 Å². The second kappa shape index (κ2) is 5.53. The van der Waals surface area contributed by atoms with Gasteiger partial charge in [0.25, 0.3) is 0 Å². The maximum atomic E-state index is 11.4. The number of methoxy groups -OCH3 is 2. The first-order chi connectivity index (χ1) is 8.17. The number of nitrogens with zero attached hydrogens (tertiary/aromatic N) is 3. The zero-order valence-corrected chi connectivity index (χ0v) is 9.21. The Morgan fingerprint density at radius 3 is 2.65 bits per heavy atom. The third kappa shape index (κ3) is 2.53. The number of azide groups is 1. The van der Waals surface area contributed by atoms with Gasteiger partial charge in [-0.15, -0.1) is 0 Å². The van der Waals surface area contributed by atoms with Crippen LogP contribution in [0.15, 0.2) is 17.2 Å². The van der Waals surface area contributed by atoms with Crippen molar-refractivity contribution in [2.45, 2.75) is 0 Å². The lowest BCUT2D eigenvalue weighted by Gasteiger charge is -2.08. The molecule has 88 valence electrons. The fourth-order valence-corrected chi connectivity index (χ4v) is 1.25. The molecular formula is C10H9N3O4. The average Bonchev–Trinajstić information content (AvgIpc) is 2.37. The Morgan fingerprint density at radius 1 is 1.47 bits per heavy atom. The second-order valence-corrected chi connectivity index (χ2v) is 2.91. The summed E-state index contributed by atoms with van der Waals surface area (Å²) in [4.78, 5) is 24.8. The van der Waals surface area contributed by atoms with Gasteiger partial charge in [-0.3, -0.25) is 4.79 Å². The number of carbonyl (C=O) groups excluding carboxylic acids is 2. The molecule has 7 heteroatoms. The van der Waals surface area contributed by atoms with Gasteiger partial charge in [0.1, 0.15) is 11.3 Å². The first-order valence-corrected chi connectivity index (χ1v) is 4.48. The van der Waals surface area contributed by atoms with E-state index in [-0.39, 0.29) is 22.6 Å². The van der Waals surface area contributed by atoms with Crippen molar-refractivity contribution < 1.29 is 19.1 Å². The van der Waals surface area contributed by atoms with Crippen molar-refractivity contribution in [3.63, 3.8) is 0 Å². The monoisotopic (exact) mass is 235 g/mol. The Hall–Kier alpha value is -2.53. The van der Waals surface area contributed by atoms with Crippen molar-refractivity contribution in [1.29, 1.82) is 0 Å². The van der Waals surface area contributed by atoms with E-state index in [9.17, 15) is 9.59 Å². The number of ether oxygens (including phenoxy) is 2. The van der Waals surface area contributed by atoms with Gasteiger partial charge in [0.15, 0.2) is 6.29 Å². The van der Waals surface area contributed by atoms with Gasteiger partial charge < -0.3 is 9.47 Å². The SMILES string of the molecule is COC(=O)c1cc(C=O)c(N=[N+]=[N-])cc1OC. The van der Waals surface area contributed by atoms with Gasteiger partial charge in [-0.2, -0.15) is 0 Å². The predicted octanol–water partition coefficient (Wildman–Crippen LogP) is 2.24. The van der Waals surface area contributed by atoms with Crippen LogP contribution >= 0.6 is 0 Å². The molecule has 0 heterocycles. The van der Waals surface area contributed by atoms with E-state index < -0.39 is 5.97 Å². The summed E-state index contributed by atoms with van der Waals surface area (Å²) in [7, 11) is 2.56. The lowest BCUT2D eigenvalue weighted by molar-refractivity contribution is 0.0597.